The molecule has 1 aromatic heterocycles. The number of carbonyl (C=O) groups is 1. The average Bonchev–Trinajstić information content (AvgIpc) is 2.56. The van der Waals surface area contributed by atoms with Gasteiger partial charge in [0.05, 0.1) is 17.3 Å². The summed E-state index contributed by atoms with van der Waals surface area (Å²) in [5.74, 6) is -0.296. The highest BCUT2D eigenvalue weighted by Gasteiger charge is 2.12. The third-order valence-corrected chi connectivity index (χ3v) is 4.19. The van der Waals surface area contributed by atoms with E-state index in [2.05, 4.69) is 39.0 Å². The number of nitriles is 1. The van der Waals surface area contributed by atoms with Gasteiger partial charge >= 0.3 is 0 Å². The normalized spacial score (nSPS) is 10.2. The number of carbonyl (C=O) groups excluding carboxylic acids is 1. The molecule has 0 aliphatic carbocycles. The summed E-state index contributed by atoms with van der Waals surface area (Å²) >= 11 is 2.22. The van der Waals surface area contributed by atoms with Crippen molar-refractivity contribution >= 4 is 45.0 Å². The van der Waals surface area contributed by atoms with Gasteiger partial charge in [-0.2, -0.15) is 5.26 Å². The molecule has 1 heterocycles. The van der Waals surface area contributed by atoms with Crippen LogP contribution >= 0.6 is 22.6 Å². The molecule has 2 aromatic carbocycles. The molecule has 4 nitrogen and oxygen atoms in total. The Morgan fingerprint density at radius 2 is 2.00 bits per heavy atom. The number of anilines is 1. The smallest absolute Gasteiger partial charge is 0.274 e. The van der Waals surface area contributed by atoms with E-state index in [-0.39, 0.29) is 5.91 Å². The quantitative estimate of drug-likeness (QED) is 0.664. The van der Waals surface area contributed by atoms with E-state index in [0.717, 1.165) is 14.3 Å². The lowest BCUT2D eigenvalue weighted by atomic mass is 10.0. The van der Waals surface area contributed by atoms with Crippen LogP contribution in [0.5, 0.6) is 0 Å². The molecule has 0 bridgehead atoms. The van der Waals surface area contributed by atoms with E-state index < -0.39 is 0 Å². The van der Waals surface area contributed by atoms with Crippen molar-refractivity contribution in [3.05, 3.63) is 69.6 Å². The number of rotatable bonds is 2. The maximum absolute atomic E-state index is 12.3. The summed E-state index contributed by atoms with van der Waals surface area (Å²) in [7, 11) is 0. The number of hydrogen-bond donors (Lipinski definition) is 1. The Kier molecular flexibility index (Phi) is 4.02. The van der Waals surface area contributed by atoms with E-state index in [4.69, 9.17) is 0 Å². The molecule has 1 N–H and O–H groups in total. The molecule has 3 rings (SSSR count). The van der Waals surface area contributed by atoms with Crippen molar-refractivity contribution in [2.75, 3.05) is 5.32 Å². The van der Waals surface area contributed by atoms with Gasteiger partial charge in [0, 0.05) is 15.2 Å². The van der Waals surface area contributed by atoms with Crippen LogP contribution in [0.1, 0.15) is 16.1 Å². The van der Waals surface area contributed by atoms with Crippen LogP contribution in [0, 0.1) is 14.9 Å². The molecular formula is C17H10IN3O. The van der Waals surface area contributed by atoms with Gasteiger partial charge in [-0.15, -0.1) is 0 Å². The second-order valence-electron chi connectivity index (χ2n) is 4.60. The van der Waals surface area contributed by atoms with Crippen LogP contribution < -0.4 is 5.32 Å². The van der Waals surface area contributed by atoms with Gasteiger partial charge in [0.1, 0.15) is 5.69 Å². The molecule has 0 saturated carbocycles. The number of aromatic nitrogens is 1. The van der Waals surface area contributed by atoms with Crippen molar-refractivity contribution < 1.29 is 4.79 Å². The largest absolute Gasteiger partial charge is 0.320 e. The second-order valence-corrected chi connectivity index (χ2v) is 5.77. The first-order valence-electron chi connectivity index (χ1n) is 6.54. The van der Waals surface area contributed by atoms with Gasteiger partial charge in [0.2, 0.25) is 0 Å². The zero-order valence-corrected chi connectivity index (χ0v) is 13.5. The molecule has 0 aliphatic rings. The van der Waals surface area contributed by atoms with E-state index >= 15 is 0 Å². The van der Waals surface area contributed by atoms with Crippen LogP contribution in [0.2, 0.25) is 0 Å². The molecule has 0 fully saturated rings. The Morgan fingerprint density at radius 1 is 1.14 bits per heavy atom. The Hall–Kier alpha value is -2.46. The van der Waals surface area contributed by atoms with Crippen LogP contribution in [0.4, 0.5) is 5.69 Å². The number of nitrogens with zero attached hydrogens (tertiary/aromatic N) is 2. The standard InChI is InChI=1S/C17H10IN3O/c18-13-8-7-11(10-19)16-12(13)4-3-6-14(16)21-17(22)15-5-1-2-9-20-15/h1-9H,(H,21,22). The molecule has 0 saturated heterocycles. The lowest BCUT2D eigenvalue weighted by Crippen LogP contribution is -2.13. The van der Waals surface area contributed by atoms with Gasteiger partial charge in [0.15, 0.2) is 0 Å². The van der Waals surface area contributed by atoms with Crippen molar-refractivity contribution in [1.29, 1.82) is 5.26 Å². The number of hydrogen-bond acceptors (Lipinski definition) is 3. The highest BCUT2D eigenvalue weighted by atomic mass is 127. The zero-order valence-electron chi connectivity index (χ0n) is 11.4. The zero-order chi connectivity index (χ0) is 15.5. The Bertz CT molecular complexity index is 901. The maximum Gasteiger partial charge on any atom is 0.274 e. The molecule has 0 unspecified atom stereocenters. The third-order valence-electron chi connectivity index (χ3n) is 3.25. The highest BCUT2D eigenvalue weighted by Crippen LogP contribution is 2.30. The summed E-state index contributed by atoms with van der Waals surface area (Å²) in [5.41, 5.74) is 1.49. The summed E-state index contributed by atoms with van der Waals surface area (Å²) in [4.78, 5) is 16.3. The van der Waals surface area contributed by atoms with E-state index in [0.29, 0.717) is 16.9 Å². The summed E-state index contributed by atoms with van der Waals surface area (Å²) in [5, 5.41) is 13.9. The monoisotopic (exact) mass is 399 g/mol. The topological polar surface area (TPSA) is 65.8 Å². The molecule has 0 spiro atoms. The van der Waals surface area contributed by atoms with Gasteiger partial charge in [0.25, 0.3) is 5.91 Å². The molecule has 5 heteroatoms. The number of benzene rings is 2. The summed E-state index contributed by atoms with van der Waals surface area (Å²) < 4.78 is 1.03. The summed E-state index contributed by atoms with van der Waals surface area (Å²) in [6, 6.07) is 16.6. The summed E-state index contributed by atoms with van der Waals surface area (Å²) in [6.45, 7) is 0. The fraction of sp³-hybridized carbons (Fsp3) is 0. The van der Waals surface area contributed by atoms with Crippen LogP contribution in [-0.4, -0.2) is 10.9 Å². The van der Waals surface area contributed by atoms with Crippen LogP contribution in [0.25, 0.3) is 10.8 Å². The van der Waals surface area contributed by atoms with Crippen LogP contribution in [0.3, 0.4) is 0 Å². The fourth-order valence-electron chi connectivity index (χ4n) is 2.25. The third kappa shape index (κ3) is 2.65. The minimum absolute atomic E-state index is 0.296. The number of amides is 1. The lowest BCUT2D eigenvalue weighted by Gasteiger charge is -2.10. The highest BCUT2D eigenvalue weighted by molar-refractivity contribution is 14.1. The van der Waals surface area contributed by atoms with Gasteiger partial charge < -0.3 is 5.32 Å². The first kappa shape index (κ1) is 14.5. The number of nitrogens with one attached hydrogen (secondary N) is 1. The fourth-order valence-corrected chi connectivity index (χ4v) is 2.88. The van der Waals surface area contributed by atoms with E-state index in [1.807, 2.05) is 18.2 Å². The lowest BCUT2D eigenvalue weighted by molar-refractivity contribution is 0.102. The Labute approximate surface area is 140 Å². The second kappa shape index (κ2) is 6.12. The van der Waals surface area contributed by atoms with Crippen molar-refractivity contribution in [3.63, 3.8) is 0 Å². The minimum Gasteiger partial charge on any atom is -0.320 e. The predicted molar refractivity (Wildman–Crippen MR) is 93.6 cm³/mol. The summed E-state index contributed by atoms with van der Waals surface area (Å²) in [6.07, 6.45) is 1.57. The molecule has 1 amide bonds. The van der Waals surface area contributed by atoms with Crippen molar-refractivity contribution in [2.45, 2.75) is 0 Å². The van der Waals surface area contributed by atoms with Gasteiger partial charge in [-0.25, -0.2) is 0 Å². The molecule has 0 atom stereocenters. The molecule has 3 aromatic rings. The average molecular weight is 399 g/mol. The number of pyridine rings is 1. The Morgan fingerprint density at radius 3 is 2.73 bits per heavy atom. The van der Waals surface area contributed by atoms with Crippen molar-refractivity contribution in [1.82, 2.24) is 4.98 Å². The minimum atomic E-state index is -0.296. The molecule has 0 radical (unpaired) electrons. The van der Waals surface area contributed by atoms with Crippen LogP contribution in [-0.2, 0) is 0 Å². The first-order valence-corrected chi connectivity index (χ1v) is 7.62. The van der Waals surface area contributed by atoms with Gasteiger partial charge in [-0.05, 0) is 58.3 Å². The molecule has 22 heavy (non-hydrogen) atoms. The van der Waals surface area contributed by atoms with Crippen molar-refractivity contribution in [3.8, 4) is 6.07 Å². The number of fused-ring (bicyclic) bond motifs is 1. The number of halogens is 1. The maximum atomic E-state index is 12.3. The predicted octanol–water partition coefficient (Wildman–Crippen LogP) is 3.96. The molecule has 106 valence electrons. The van der Waals surface area contributed by atoms with Gasteiger partial charge in [-0.1, -0.05) is 18.2 Å². The molecular weight excluding hydrogens is 389 g/mol. The van der Waals surface area contributed by atoms with E-state index in [1.165, 1.54) is 0 Å². The van der Waals surface area contributed by atoms with E-state index in [9.17, 15) is 10.1 Å². The van der Waals surface area contributed by atoms with Crippen molar-refractivity contribution in [2.24, 2.45) is 0 Å². The molecule has 0 aliphatic heterocycles. The van der Waals surface area contributed by atoms with Gasteiger partial charge in [-0.3, -0.25) is 9.78 Å². The SMILES string of the molecule is N#Cc1ccc(I)c2cccc(NC(=O)c3ccccn3)c12. The Balaban J connectivity index is 2.10. The first-order chi connectivity index (χ1) is 10.7. The van der Waals surface area contributed by atoms with E-state index in [1.54, 1.807) is 36.5 Å². The van der Waals surface area contributed by atoms with Crippen LogP contribution in [0.15, 0.2) is 54.7 Å².